The average molecular weight is 246 g/mol. The van der Waals surface area contributed by atoms with Crippen molar-refractivity contribution in [1.29, 1.82) is 0 Å². The number of benzene rings is 1. The molecule has 2 nitrogen and oxygen atoms in total. The SMILES string of the molecule is CCCN(C(CN)CCc1ccccc1)C1CC1. The van der Waals surface area contributed by atoms with Crippen LogP contribution in [-0.2, 0) is 6.42 Å². The Hall–Kier alpha value is -0.860. The molecule has 1 unspecified atom stereocenters. The molecule has 1 saturated carbocycles. The maximum atomic E-state index is 5.99. The highest BCUT2D eigenvalue weighted by Gasteiger charge is 2.32. The Morgan fingerprint density at radius 3 is 2.56 bits per heavy atom. The van der Waals surface area contributed by atoms with Crippen LogP contribution in [0.25, 0.3) is 0 Å². The molecule has 100 valence electrons. The molecule has 0 radical (unpaired) electrons. The van der Waals surface area contributed by atoms with Gasteiger partial charge in [0.1, 0.15) is 0 Å². The summed E-state index contributed by atoms with van der Waals surface area (Å²) < 4.78 is 0. The minimum atomic E-state index is 0.567. The van der Waals surface area contributed by atoms with E-state index in [1.807, 2.05) is 0 Å². The molecule has 0 aromatic heterocycles. The van der Waals surface area contributed by atoms with Crippen LogP contribution in [0, 0.1) is 0 Å². The van der Waals surface area contributed by atoms with Crippen molar-refractivity contribution in [3.05, 3.63) is 35.9 Å². The lowest BCUT2D eigenvalue weighted by atomic mass is 10.0. The Morgan fingerprint density at radius 1 is 1.28 bits per heavy atom. The third-order valence-corrected chi connectivity index (χ3v) is 3.85. The lowest BCUT2D eigenvalue weighted by Crippen LogP contribution is -2.42. The van der Waals surface area contributed by atoms with E-state index in [4.69, 9.17) is 5.73 Å². The first-order valence-electron chi connectivity index (χ1n) is 7.35. The molecule has 1 atom stereocenters. The standard InChI is InChI=1S/C16H26N2/c1-2-12-18(15-10-11-15)16(13-17)9-8-14-6-4-3-5-7-14/h3-7,15-16H,2,8-13,17H2,1H3. The van der Waals surface area contributed by atoms with Crippen molar-refractivity contribution in [3.8, 4) is 0 Å². The van der Waals surface area contributed by atoms with Crippen LogP contribution in [-0.4, -0.2) is 30.1 Å². The Bertz CT molecular complexity index is 332. The van der Waals surface area contributed by atoms with Crippen LogP contribution < -0.4 is 5.73 Å². The molecule has 1 aliphatic carbocycles. The van der Waals surface area contributed by atoms with Crippen LogP contribution in [0.1, 0.15) is 38.2 Å². The molecule has 0 aliphatic heterocycles. The number of hydrogen-bond donors (Lipinski definition) is 1. The van der Waals surface area contributed by atoms with Crippen molar-refractivity contribution in [2.45, 2.75) is 51.1 Å². The molecule has 2 N–H and O–H groups in total. The average Bonchev–Trinajstić information content (AvgIpc) is 3.23. The molecule has 0 amide bonds. The van der Waals surface area contributed by atoms with Crippen molar-refractivity contribution in [1.82, 2.24) is 4.90 Å². The fourth-order valence-electron chi connectivity index (χ4n) is 2.72. The largest absolute Gasteiger partial charge is 0.329 e. The van der Waals surface area contributed by atoms with Crippen molar-refractivity contribution >= 4 is 0 Å². The molecule has 18 heavy (non-hydrogen) atoms. The van der Waals surface area contributed by atoms with E-state index < -0.39 is 0 Å². The third-order valence-electron chi connectivity index (χ3n) is 3.85. The van der Waals surface area contributed by atoms with Crippen molar-refractivity contribution in [2.75, 3.05) is 13.1 Å². The van der Waals surface area contributed by atoms with E-state index in [2.05, 4.69) is 42.2 Å². The normalized spacial score (nSPS) is 17.1. The molecule has 1 fully saturated rings. The molecule has 1 aromatic carbocycles. The van der Waals surface area contributed by atoms with Crippen LogP contribution in [0.4, 0.5) is 0 Å². The number of hydrogen-bond acceptors (Lipinski definition) is 2. The van der Waals surface area contributed by atoms with Crippen LogP contribution >= 0.6 is 0 Å². The third kappa shape index (κ3) is 3.82. The number of nitrogens with zero attached hydrogens (tertiary/aromatic N) is 1. The fraction of sp³-hybridized carbons (Fsp3) is 0.625. The van der Waals surface area contributed by atoms with Crippen LogP contribution in [0.2, 0.25) is 0 Å². The molecule has 0 spiro atoms. The predicted molar refractivity (Wildman–Crippen MR) is 77.6 cm³/mol. The zero-order chi connectivity index (χ0) is 12.8. The van der Waals surface area contributed by atoms with Gasteiger partial charge < -0.3 is 5.73 Å². The van der Waals surface area contributed by atoms with E-state index in [1.54, 1.807) is 0 Å². The van der Waals surface area contributed by atoms with E-state index in [0.717, 1.165) is 19.0 Å². The van der Waals surface area contributed by atoms with Gasteiger partial charge in [-0.1, -0.05) is 37.3 Å². The quantitative estimate of drug-likeness (QED) is 0.764. The first kappa shape index (κ1) is 13.6. The van der Waals surface area contributed by atoms with Gasteiger partial charge in [-0.05, 0) is 44.2 Å². The zero-order valence-electron chi connectivity index (χ0n) is 11.5. The van der Waals surface area contributed by atoms with Gasteiger partial charge in [0.25, 0.3) is 0 Å². The summed E-state index contributed by atoms with van der Waals surface area (Å²) in [4.78, 5) is 2.66. The maximum absolute atomic E-state index is 5.99. The van der Waals surface area contributed by atoms with Gasteiger partial charge >= 0.3 is 0 Å². The summed E-state index contributed by atoms with van der Waals surface area (Å²) in [6.45, 7) is 4.27. The topological polar surface area (TPSA) is 29.3 Å². The number of rotatable bonds is 8. The molecule has 0 bridgehead atoms. The summed E-state index contributed by atoms with van der Waals surface area (Å²) in [5, 5.41) is 0. The molecular weight excluding hydrogens is 220 g/mol. The highest BCUT2D eigenvalue weighted by atomic mass is 15.2. The van der Waals surface area contributed by atoms with Gasteiger partial charge in [0.15, 0.2) is 0 Å². The van der Waals surface area contributed by atoms with Gasteiger partial charge in [0, 0.05) is 18.6 Å². The molecule has 1 aromatic rings. The molecule has 2 rings (SSSR count). The van der Waals surface area contributed by atoms with Crippen molar-refractivity contribution in [3.63, 3.8) is 0 Å². The Labute approximate surface area is 111 Å². The maximum Gasteiger partial charge on any atom is 0.0224 e. The highest BCUT2D eigenvalue weighted by molar-refractivity contribution is 5.14. The van der Waals surface area contributed by atoms with Crippen LogP contribution in [0.3, 0.4) is 0 Å². The molecule has 1 aliphatic rings. The van der Waals surface area contributed by atoms with Gasteiger partial charge in [-0.15, -0.1) is 0 Å². The molecule has 0 heterocycles. The predicted octanol–water partition coefficient (Wildman–Crippen LogP) is 2.82. The zero-order valence-corrected chi connectivity index (χ0v) is 11.5. The summed E-state index contributed by atoms with van der Waals surface area (Å²) in [5.41, 5.74) is 7.43. The van der Waals surface area contributed by atoms with E-state index >= 15 is 0 Å². The minimum Gasteiger partial charge on any atom is -0.329 e. The minimum absolute atomic E-state index is 0.567. The van der Waals surface area contributed by atoms with Gasteiger partial charge in [-0.25, -0.2) is 0 Å². The number of nitrogens with two attached hydrogens (primary N) is 1. The molecular formula is C16H26N2. The second-order valence-corrected chi connectivity index (χ2v) is 5.38. The molecule has 2 heteroatoms. The Kier molecular flexibility index (Phi) is 5.21. The first-order valence-corrected chi connectivity index (χ1v) is 7.35. The second kappa shape index (κ2) is 6.91. The van der Waals surface area contributed by atoms with E-state index in [-0.39, 0.29) is 0 Å². The lowest BCUT2D eigenvalue weighted by Gasteiger charge is -2.30. The van der Waals surface area contributed by atoms with E-state index in [9.17, 15) is 0 Å². The van der Waals surface area contributed by atoms with Gasteiger partial charge in [-0.2, -0.15) is 0 Å². The monoisotopic (exact) mass is 246 g/mol. The summed E-state index contributed by atoms with van der Waals surface area (Å²) in [5.74, 6) is 0. The van der Waals surface area contributed by atoms with Crippen LogP contribution in [0.15, 0.2) is 30.3 Å². The van der Waals surface area contributed by atoms with Gasteiger partial charge in [0.05, 0.1) is 0 Å². The summed E-state index contributed by atoms with van der Waals surface area (Å²) >= 11 is 0. The van der Waals surface area contributed by atoms with Crippen molar-refractivity contribution in [2.24, 2.45) is 5.73 Å². The smallest absolute Gasteiger partial charge is 0.0224 e. The first-order chi connectivity index (χ1) is 8.85. The van der Waals surface area contributed by atoms with E-state index in [1.165, 1.54) is 37.8 Å². The number of aryl methyl sites for hydroxylation is 1. The van der Waals surface area contributed by atoms with E-state index in [0.29, 0.717) is 6.04 Å². The Balaban J connectivity index is 1.87. The molecule has 0 saturated heterocycles. The summed E-state index contributed by atoms with van der Waals surface area (Å²) in [6.07, 6.45) is 6.33. The van der Waals surface area contributed by atoms with Gasteiger partial charge in [0.2, 0.25) is 0 Å². The summed E-state index contributed by atoms with van der Waals surface area (Å²) in [6, 6.07) is 12.2. The fourth-order valence-corrected chi connectivity index (χ4v) is 2.72. The Morgan fingerprint density at radius 2 is 2.00 bits per heavy atom. The van der Waals surface area contributed by atoms with Gasteiger partial charge in [-0.3, -0.25) is 4.90 Å². The summed E-state index contributed by atoms with van der Waals surface area (Å²) in [7, 11) is 0. The second-order valence-electron chi connectivity index (χ2n) is 5.38. The highest BCUT2D eigenvalue weighted by Crippen LogP contribution is 2.29. The van der Waals surface area contributed by atoms with Crippen molar-refractivity contribution < 1.29 is 0 Å². The lowest BCUT2D eigenvalue weighted by molar-refractivity contribution is 0.181. The van der Waals surface area contributed by atoms with Crippen LogP contribution in [0.5, 0.6) is 0 Å².